The van der Waals surface area contributed by atoms with Gasteiger partial charge in [0.1, 0.15) is 18.1 Å². The Kier molecular flexibility index (Phi) is 7.04. The van der Waals surface area contributed by atoms with Crippen LogP contribution in [-0.4, -0.2) is 49.4 Å². The molecule has 0 radical (unpaired) electrons. The number of ether oxygens (including phenoxy) is 2. The minimum atomic E-state index is -4.45. The van der Waals surface area contributed by atoms with E-state index in [2.05, 4.69) is 0 Å². The van der Waals surface area contributed by atoms with Crippen molar-refractivity contribution in [3.63, 3.8) is 0 Å². The van der Waals surface area contributed by atoms with Crippen LogP contribution in [0.3, 0.4) is 0 Å². The smallest absolute Gasteiger partial charge is 0.406 e. The van der Waals surface area contributed by atoms with E-state index in [-0.39, 0.29) is 31.9 Å². The van der Waals surface area contributed by atoms with Gasteiger partial charge in [-0.25, -0.2) is 4.39 Å². The Morgan fingerprint density at radius 3 is 2.60 bits per heavy atom. The van der Waals surface area contributed by atoms with Crippen molar-refractivity contribution in [2.75, 3.05) is 26.4 Å². The molecule has 1 aromatic carbocycles. The first kappa shape index (κ1) is 19.5. The van der Waals surface area contributed by atoms with Gasteiger partial charge in [-0.15, -0.1) is 0 Å². The lowest BCUT2D eigenvalue weighted by atomic mass is 10.1. The van der Waals surface area contributed by atoms with Gasteiger partial charge in [0.2, 0.25) is 5.91 Å². The van der Waals surface area contributed by atoms with Gasteiger partial charge in [0, 0.05) is 13.0 Å². The molecule has 0 bridgehead atoms. The third-order valence-corrected chi connectivity index (χ3v) is 3.86. The Labute approximate surface area is 143 Å². The molecule has 1 saturated heterocycles. The molecule has 1 atom stereocenters. The molecule has 1 heterocycles. The van der Waals surface area contributed by atoms with Gasteiger partial charge in [0.15, 0.2) is 0 Å². The number of halogens is 4. The highest BCUT2D eigenvalue weighted by Crippen LogP contribution is 2.22. The van der Waals surface area contributed by atoms with E-state index in [9.17, 15) is 22.4 Å². The zero-order valence-electron chi connectivity index (χ0n) is 13.7. The Morgan fingerprint density at radius 2 is 2.00 bits per heavy atom. The molecule has 25 heavy (non-hydrogen) atoms. The Balaban J connectivity index is 1.82. The van der Waals surface area contributed by atoms with Crippen molar-refractivity contribution in [1.29, 1.82) is 0 Å². The van der Waals surface area contributed by atoms with Gasteiger partial charge in [0.05, 0.1) is 19.3 Å². The van der Waals surface area contributed by atoms with Gasteiger partial charge < -0.3 is 14.4 Å². The highest BCUT2D eigenvalue weighted by molar-refractivity contribution is 5.76. The molecule has 2 rings (SSSR count). The van der Waals surface area contributed by atoms with Crippen LogP contribution >= 0.6 is 0 Å². The molecule has 1 fully saturated rings. The fraction of sp³-hybridized carbons (Fsp3) is 0.588. The zero-order chi connectivity index (χ0) is 18.3. The third-order valence-electron chi connectivity index (χ3n) is 3.86. The van der Waals surface area contributed by atoms with Gasteiger partial charge in [-0.2, -0.15) is 13.2 Å². The number of amides is 1. The predicted molar refractivity (Wildman–Crippen MR) is 82.7 cm³/mol. The summed E-state index contributed by atoms with van der Waals surface area (Å²) in [6.07, 6.45) is -3.07. The first-order chi connectivity index (χ1) is 11.8. The standard InChI is InChI=1S/C17H21F4NO3/c18-13-5-7-15(8-6-13)25-10-2-4-16(23)22(12-17(19,20)21)14-3-1-9-24-11-14/h5-8,14H,1-4,9-12H2/t14-/m0/s1. The van der Waals surface area contributed by atoms with Gasteiger partial charge >= 0.3 is 6.18 Å². The van der Waals surface area contributed by atoms with Crippen LogP contribution in [0.1, 0.15) is 25.7 Å². The van der Waals surface area contributed by atoms with Crippen molar-refractivity contribution in [3.05, 3.63) is 30.1 Å². The topological polar surface area (TPSA) is 38.8 Å². The molecule has 1 aromatic rings. The first-order valence-corrected chi connectivity index (χ1v) is 8.17. The summed E-state index contributed by atoms with van der Waals surface area (Å²) in [6.45, 7) is -0.457. The van der Waals surface area contributed by atoms with Gasteiger partial charge in [-0.1, -0.05) is 0 Å². The van der Waals surface area contributed by atoms with Crippen LogP contribution in [0.4, 0.5) is 17.6 Å². The number of carbonyl (C=O) groups excluding carboxylic acids is 1. The van der Waals surface area contributed by atoms with Crippen LogP contribution in [0.5, 0.6) is 5.75 Å². The summed E-state index contributed by atoms with van der Waals surface area (Å²) < 4.78 is 61.7. The molecule has 4 nitrogen and oxygen atoms in total. The second-order valence-electron chi connectivity index (χ2n) is 5.91. The predicted octanol–water partition coefficient (Wildman–Crippen LogP) is 3.55. The summed E-state index contributed by atoms with van der Waals surface area (Å²) in [5.41, 5.74) is 0. The molecule has 0 aliphatic carbocycles. The molecule has 1 aliphatic heterocycles. The van der Waals surface area contributed by atoms with Crippen molar-refractivity contribution in [2.24, 2.45) is 0 Å². The molecule has 8 heteroatoms. The quantitative estimate of drug-likeness (QED) is 0.549. The maximum absolute atomic E-state index is 12.8. The lowest BCUT2D eigenvalue weighted by Gasteiger charge is -2.34. The summed E-state index contributed by atoms with van der Waals surface area (Å²) in [5.74, 6) is -0.503. The van der Waals surface area contributed by atoms with E-state index in [0.717, 1.165) is 4.90 Å². The molecule has 140 valence electrons. The highest BCUT2D eigenvalue weighted by atomic mass is 19.4. The van der Waals surface area contributed by atoms with Crippen molar-refractivity contribution < 1.29 is 31.8 Å². The van der Waals surface area contributed by atoms with Gasteiger partial charge in [-0.3, -0.25) is 4.79 Å². The Morgan fingerprint density at radius 1 is 1.28 bits per heavy atom. The second-order valence-corrected chi connectivity index (χ2v) is 5.91. The minimum Gasteiger partial charge on any atom is -0.494 e. The maximum Gasteiger partial charge on any atom is 0.406 e. The zero-order valence-corrected chi connectivity index (χ0v) is 13.7. The van der Waals surface area contributed by atoms with Crippen LogP contribution < -0.4 is 4.74 Å². The molecule has 0 spiro atoms. The summed E-state index contributed by atoms with van der Waals surface area (Å²) >= 11 is 0. The van der Waals surface area contributed by atoms with Crippen LogP contribution in [0.2, 0.25) is 0 Å². The monoisotopic (exact) mass is 363 g/mol. The summed E-state index contributed by atoms with van der Waals surface area (Å²) in [4.78, 5) is 13.1. The molecular formula is C17H21F4NO3. The number of benzene rings is 1. The molecule has 0 saturated carbocycles. The van der Waals surface area contributed by atoms with E-state index in [0.29, 0.717) is 25.2 Å². The molecule has 1 amide bonds. The van der Waals surface area contributed by atoms with Gasteiger partial charge in [-0.05, 0) is 43.5 Å². The van der Waals surface area contributed by atoms with E-state index in [1.54, 1.807) is 0 Å². The van der Waals surface area contributed by atoms with E-state index >= 15 is 0 Å². The lowest BCUT2D eigenvalue weighted by molar-refractivity contribution is -0.170. The number of nitrogens with zero attached hydrogens (tertiary/aromatic N) is 1. The van der Waals surface area contributed by atoms with Crippen LogP contribution in [-0.2, 0) is 9.53 Å². The normalized spacial score (nSPS) is 18.0. The van der Waals surface area contributed by atoms with Crippen LogP contribution in [0.15, 0.2) is 24.3 Å². The molecule has 0 aromatic heterocycles. The minimum absolute atomic E-state index is 0.0478. The molecule has 0 unspecified atom stereocenters. The average Bonchev–Trinajstić information content (AvgIpc) is 2.58. The van der Waals surface area contributed by atoms with E-state index in [1.807, 2.05) is 0 Å². The van der Waals surface area contributed by atoms with Crippen molar-refractivity contribution in [1.82, 2.24) is 4.90 Å². The van der Waals surface area contributed by atoms with E-state index in [1.165, 1.54) is 24.3 Å². The second kappa shape index (κ2) is 9.03. The third kappa shape index (κ3) is 6.89. The fourth-order valence-corrected chi connectivity index (χ4v) is 2.67. The van der Waals surface area contributed by atoms with Crippen LogP contribution in [0, 0.1) is 5.82 Å². The van der Waals surface area contributed by atoms with Crippen molar-refractivity contribution >= 4 is 5.91 Å². The largest absolute Gasteiger partial charge is 0.494 e. The highest BCUT2D eigenvalue weighted by Gasteiger charge is 2.36. The van der Waals surface area contributed by atoms with E-state index < -0.39 is 24.7 Å². The van der Waals surface area contributed by atoms with Crippen molar-refractivity contribution in [2.45, 2.75) is 37.9 Å². The first-order valence-electron chi connectivity index (χ1n) is 8.17. The van der Waals surface area contributed by atoms with Crippen molar-refractivity contribution in [3.8, 4) is 5.75 Å². The SMILES string of the molecule is O=C(CCCOc1ccc(F)cc1)N(CC(F)(F)F)[C@H]1CCCOC1. The van der Waals surface area contributed by atoms with Crippen LogP contribution in [0.25, 0.3) is 0 Å². The average molecular weight is 363 g/mol. The summed E-state index contributed by atoms with van der Waals surface area (Å²) in [5, 5.41) is 0. The molecule has 0 N–H and O–H groups in total. The number of rotatable bonds is 7. The van der Waals surface area contributed by atoms with E-state index in [4.69, 9.17) is 9.47 Å². The summed E-state index contributed by atoms with van der Waals surface area (Å²) in [6, 6.07) is 4.85. The van der Waals surface area contributed by atoms with Gasteiger partial charge in [0.25, 0.3) is 0 Å². The Hall–Kier alpha value is -1.83. The molecular weight excluding hydrogens is 342 g/mol. The summed E-state index contributed by atoms with van der Waals surface area (Å²) in [7, 11) is 0. The lowest BCUT2D eigenvalue weighted by Crippen LogP contribution is -2.49. The maximum atomic E-state index is 12.8. The fourth-order valence-electron chi connectivity index (χ4n) is 2.67. The number of hydrogen-bond acceptors (Lipinski definition) is 3. The number of hydrogen-bond donors (Lipinski definition) is 0. The molecule has 1 aliphatic rings. The number of alkyl halides is 3. The Bertz CT molecular complexity index is 542. The number of carbonyl (C=O) groups is 1.